The molecule has 0 aromatic heterocycles. The van der Waals surface area contributed by atoms with Crippen LogP contribution in [0.4, 0.5) is 0 Å². The second-order valence-electron chi connectivity index (χ2n) is 3.72. The van der Waals surface area contributed by atoms with Crippen LogP contribution < -0.4 is 9.47 Å². The van der Waals surface area contributed by atoms with Crippen molar-refractivity contribution in [3.63, 3.8) is 0 Å². The first-order chi connectivity index (χ1) is 9.10. The van der Waals surface area contributed by atoms with Crippen molar-refractivity contribution in [3.8, 4) is 11.5 Å². The molecule has 1 rings (SSSR count). The zero-order chi connectivity index (χ0) is 14.3. The minimum absolute atomic E-state index is 0.173. The summed E-state index contributed by atoms with van der Waals surface area (Å²) >= 11 is 5.09. The Hall–Kier alpha value is -0.880. The van der Waals surface area contributed by atoms with Crippen molar-refractivity contribution < 1.29 is 19.4 Å². The van der Waals surface area contributed by atoms with Gasteiger partial charge in [-0.2, -0.15) is 11.8 Å². The molecule has 0 aliphatic carbocycles. The van der Waals surface area contributed by atoms with Gasteiger partial charge in [0.2, 0.25) is 0 Å². The third kappa shape index (κ3) is 4.95. The van der Waals surface area contributed by atoms with Crippen LogP contribution in [0.2, 0.25) is 0 Å². The van der Waals surface area contributed by atoms with E-state index in [4.69, 9.17) is 14.6 Å². The maximum Gasteiger partial charge on any atom is 0.335 e. The summed E-state index contributed by atoms with van der Waals surface area (Å²) in [6.45, 7) is 2.88. The lowest BCUT2D eigenvalue weighted by Crippen LogP contribution is -2.05. The van der Waals surface area contributed by atoms with Crippen LogP contribution in [-0.2, 0) is 0 Å². The maximum atomic E-state index is 11.0. The van der Waals surface area contributed by atoms with E-state index in [1.165, 1.54) is 12.1 Å². The number of aromatic carboxylic acids is 1. The third-order valence-electron chi connectivity index (χ3n) is 2.30. The molecule has 19 heavy (non-hydrogen) atoms. The van der Waals surface area contributed by atoms with Crippen LogP contribution in [-0.4, -0.2) is 36.3 Å². The van der Waals surface area contributed by atoms with Crippen molar-refractivity contribution in [3.05, 3.63) is 22.2 Å². The number of ether oxygens (including phenoxy) is 2. The van der Waals surface area contributed by atoms with Gasteiger partial charge in [0.15, 0.2) is 11.5 Å². The number of hydrogen-bond donors (Lipinski definition) is 1. The highest BCUT2D eigenvalue weighted by Crippen LogP contribution is 2.37. The topological polar surface area (TPSA) is 55.8 Å². The van der Waals surface area contributed by atoms with Crippen molar-refractivity contribution in [2.75, 3.05) is 25.2 Å². The van der Waals surface area contributed by atoms with Crippen molar-refractivity contribution in [2.45, 2.75) is 13.3 Å². The lowest BCUT2D eigenvalue weighted by Gasteiger charge is -2.14. The zero-order valence-electron chi connectivity index (χ0n) is 10.9. The molecule has 6 heteroatoms. The molecule has 0 bridgehead atoms. The van der Waals surface area contributed by atoms with E-state index in [2.05, 4.69) is 15.9 Å². The van der Waals surface area contributed by atoms with Crippen LogP contribution in [0.25, 0.3) is 0 Å². The molecule has 0 heterocycles. The smallest absolute Gasteiger partial charge is 0.335 e. The predicted octanol–water partition coefficient (Wildman–Crippen LogP) is 3.68. The second-order valence-corrected chi connectivity index (χ2v) is 5.56. The maximum absolute atomic E-state index is 11.0. The van der Waals surface area contributed by atoms with Crippen LogP contribution in [0.1, 0.15) is 23.7 Å². The number of benzene rings is 1. The van der Waals surface area contributed by atoms with Crippen LogP contribution >= 0.6 is 27.7 Å². The largest absolute Gasteiger partial charge is 0.490 e. The lowest BCUT2D eigenvalue weighted by atomic mass is 10.2. The molecule has 1 N–H and O–H groups in total. The Balaban J connectivity index is 2.90. The summed E-state index contributed by atoms with van der Waals surface area (Å²) < 4.78 is 11.7. The van der Waals surface area contributed by atoms with Crippen LogP contribution in [0.5, 0.6) is 11.5 Å². The van der Waals surface area contributed by atoms with Gasteiger partial charge in [0.25, 0.3) is 0 Å². The van der Waals surface area contributed by atoms with Crippen molar-refractivity contribution in [1.82, 2.24) is 0 Å². The number of rotatable bonds is 8. The van der Waals surface area contributed by atoms with Gasteiger partial charge >= 0.3 is 5.97 Å². The normalized spacial score (nSPS) is 10.3. The fourth-order valence-electron chi connectivity index (χ4n) is 1.47. The number of carbonyl (C=O) groups is 1. The summed E-state index contributed by atoms with van der Waals surface area (Å²) in [5.74, 6) is 1.05. The number of carboxylic acids is 1. The zero-order valence-corrected chi connectivity index (χ0v) is 13.3. The van der Waals surface area contributed by atoms with Gasteiger partial charge < -0.3 is 14.6 Å². The highest BCUT2D eigenvalue weighted by molar-refractivity contribution is 9.10. The molecule has 0 fully saturated rings. The first-order valence-corrected chi connectivity index (χ1v) is 8.10. The molecule has 0 saturated heterocycles. The van der Waals surface area contributed by atoms with Crippen LogP contribution in [0.3, 0.4) is 0 Å². The molecule has 0 radical (unpaired) electrons. The first-order valence-electron chi connectivity index (χ1n) is 5.91. The summed E-state index contributed by atoms with van der Waals surface area (Å²) in [5, 5.41) is 9.02. The predicted molar refractivity (Wildman–Crippen MR) is 80.8 cm³/mol. The number of thioether (sulfide) groups is 1. The van der Waals surface area contributed by atoms with E-state index in [1.807, 2.05) is 13.2 Å². The molecule has 1 aromatic rings. The standard InChI is InChI=1S/C13H17BrO4S/c1-3-17-11-8-9(13(15)16)7-10(14)12(11)18-5-4-6-19-2/h7-8H,3-6H2,1-2H3,(H,15,16). The SMILES string of the molecule is CCOc1cc(C(=O)O)cc(Br)c1OCCCSC. The quantitative estimate of drug-likeness (QED) is 0.726. The Kier molecular flexibility index (Phi) is 7.09. The minimum Gasteiger partial charge on any atom is -0.490 e. The Morgan fingerprint density at radius 3 is 2.74 bits per heavy atom. The molecule has 0 amide bonds. The van der Waals surface area contributed by atoms with E-state index in [-0.39, 0.29) is 5.56 Å². The lowest BCUT2D eigenvalue weighted by molar-refractivity contribution is 0.0696. The second kappa shape index (κ2) is 8.32. The Morgan fingerprint density at radius 1 is 1.42 bits per heavy atom. The molecule has 1 aromatic carbocycles. The van der Waals surface area contributed by atoms with Gasteiger partial charge in [0.1, 0.15) is 0 Å². The number of carboxylic acid groups (broad SMARTS) is 1. The molecule has 0 unspecified atom stereocenters. The van der Waals surface area contributed by atoms with E-state index in [1.54, 1.807) is 11.8 Å². The fraction of sp³-hybridized carbons (Fsp3) is 0.462. The van der Waals surface area contributed by atoms with Gasteiger partial charge in [-0.1, -0.05) is 0 Å². The molecule has 106 valence electrons. The summed E-state index contributed by atoms with van der Waals surface area (Å²) in [4.78, 5) is 11.0. The van der Waals surface area contributed by atoms with Crippen molar-refractivity contribution in [2.24, 2.45) is 0 Å². The van der Waals surface area contributed by atoms with Gasteiger partial charge in [-0.3, -0.25) is 0 Å². The number of hydrogen-bond acceptors (Lipinski definition) is 4. The van der Waals surface area contributed by atoms with E-state index < -0.39 is 5.97 Å². The van der Waals surface area contributed by atoms with Crippen molar-refractivity contribution >= 4 is 33.7 Å². The molecule has 0 atom stereocenters. The summed E-state index contributed by atoms with van der Waals surface area (Å²) in [6, 6.07) is 3.01. The Bertz CT molecular complexity index is 437. The average Bonchev–Trinajstić information content (AvgIpc) is 2.36. The highest BCUT2D eigenvalue weighted by atomic mass is 79.9. The average molecular weight is 349 g/mol. The van der Waals surface area contributed by atoms with E-state index >= 15 is 0 Å². The van der Waals surface area contributed by atoms with Crippen LogP contribution in [0, 0.1) is 0 Å². The summed E-state index contributed by atoms with van der Waals surface area (Å²) in [6.07, 6.45) is 2.98. The highest BCUT2D eigenvalue weighted by Gasteiger charge is 2.15. The molecular weight excluding hydrogens is 332 g/mol. The van der Waals surface area contributed by atoms with Gasteiger partial charge in [0.05, 0.1) is 23.2 Å². The third-order valence-corrected chi connectivity index (χ3v) is 3.58. The minimum atomic E-state index is -0.990. The summed E-state index contributed by atoms with van der Waals surface area (Å²) in [5.41, 5.74) is 0.173. The molecular formula is C13H17BrO4S. The van der Waals surface area contributed by atoms with E-state index in [0.29, 0.717) is 29.2 Å². The molecule has 0 aliphatic rings. The van der Waals surface area contributed by atoms with E-state index in [0.717, 1.165) is 12.2 Å². The molecule has 0 aliphatic heterocycles. The first kappa shape index (κ1) is 16.2. The van der Waals surface area contributed by atoms with Crippen LogP contribution in [0.15, 0.2) is 16.6 Å². The Labute approximate surface area is 125 Å². The molecule has 0 spiro atoms. The number of halogens is 1. The summed E-state index contributed by atoms with van der Waals surface area (Å²) in [7, 11) is 0. The fourth-order valence-corrected chi connectivity index (χ4v) is 2.43. The Morgan fingerprint density at radius 2 is 2.16 bits per heavy atom. The van der Waals surface area contributed by atoms with Crippen molar-refractivity contribution in [1.29, 1.82) is 0 Å². The van der Waals surface area contributed by atoms with Gasteiger partial charge in [-0.15, -0.1) is 0 Å². The van der Waals surface area contributed by atoms with Gasteiger partial charge in [-0.05, 0) is 53.4 Å². The van der Waals surface area contributed by atoms with E-state index in [9.17, 15) is 4.79 Å². The monoisotopic (exact) mass is 348 g/mol. The molecule has 4 nitrogen and oxygen atoms in total. The van der Waals surface area contributed by atoms with Gasteiger partial charge in [0, 0.05) is 0 Å². The van der Waals surface area contributed by atoms with Gasteiger partial charge in [-0.25, -0.2) is 4.79 Å². The molecule has 0 saturated carbocycles.